The van der Waals surface area contributed by atoms with Crippen molar-refractivity contribution < 1.29 is 14.3 Å². The van der Waals surface area contributed by atoms with E-state index in [2.05, 4.69) is 11.9 Å². The highest BCUT2D eigenvalue weighted by molar-refractivity contribution is 5.94. The fourth-order valence-corrected chi connectivity index (χ4v) is 2.32. The lowest BCUT2D eigenvalue weighted by molar-refractivity contribution is -0.122. The first-order valence-electron chi connectivity index (χ1n) is 8.42. The van der Waals surface area contributed by atoms with E-state index in [1.54, 1.807) is 18.2 Å². The number of benzene rings is 2. The van der Waals surface area contributed by atoms with Gasteiger partial charge in [0, 0.05) is 5.69 Å². The van der Waals surface area contributed by atoms with Crippen LogP contribution < -0.4 is 14.8 Å². The number of amides is 1. The van der Waals surface area contributed by atoms with Crippen LogP contribution in [-0.4, -0.2) is 18.6 Å². The highest BCUT2D eigenvalue weighted by atomic mass is 16.5. The van der Waals surface area contributed by atoms with Crippen LogP contribution in [0.2, 0.25) is 0 Å². The molecule has 0 aliphatic rings. The van der Waals surface area contributed by atoms with Gasteiger partial charge in [-0.1, -0.05) is 31.7 Å². The molecule has 0 heterocycles. The van der Waals surface area contributed by atoms with E-state index >= 15 is 0 Å². The SMILES string of the molecule is C=CCOc1ccc(NC(=O)C(CC)Oc2cc(C)ccc2C)cc1. The number of hydrogen-bond acceptors (Lipinski definition) is 3. The van der Waals surface area contributed by atoms with Crippen molar-refractivity contribution in [2.24, 2.45) is 0 Å². The minimum absolute atomic E-state index is 0.164. The molecule has 132 valence electrons. The van der Waals surface area contributed by atoms with Gasteiger partial charge in [0.25, 0.3) is 5.91 Å². The molecule has 0 aromatic heterocycles. The zero-order valence-electron chi connectivity index (χ0n) is 15.0. The van der Waals surface area contributed by atoms with E-state index in [0.717, 1.165) is 22.6 Å². The summed E-state index contributed by atoms with van der Waals surface area (Å²) in [6.45, 7) is 9.97. The Balaban J connectivity index is 2.01. The molecule has 4 nitrogen and oxygen atoms in total. The van der Waals surface area contributed by atoms with E-state index in [-0.39, 0.29) is 5.91 Å². The normalized spacial score (nSPS) is 11.5. The Kier molecular flexibility index (Phi) is 6.63. The van der Waals surface area contributed by atoms with Crippen LogP contribution in [0.1, 0.15) is 24.5 Å². The van der Waals surface area contributed by atoms with Crippen molar-refractivity contribution in [2.75, 3.05) is 11.9 Å². The monoisotopic (exact) mass is 339 g/mol. The van der Waals surface area contributed by atoms with Gasteiger partial charge in [-0.2, -0.15) is 0 Å². The summed E-state index contributed by atoms with van der Waals surface area (Å²) < 4.78 is 11.4. The van der Waals surface area contributed by atoms with Crippen LogP contribution in [0.25, 0.3) is 0 Å². The van der Waals surface area contributed by atoms with Crippen molar-refractivity contribution in [1.29, 1.82) is 0 Å². The van der Waals surface area contributed by atoms with Crippen molar-refractivity contribution in [2.45, 2.75) is 33.3 Å². The molecule has 1 N–H and O–H groups in total. The molecule has 0 spiro atoms. The molecule has 2 aromatic rings. The predicted octanol–water partition coefficient (Wildman–Crippen LogP) is 4.66. The summed E-state index contributed by atoms with van der Waals surface area (Å²) in [6.07, 6.45) is 1.73. The minimum atomic E-state index is -0.544. The average molecular weight is 339 g/mol. The van der Waals surface area contributed by atoms with Gasteiger partial charge in [-0.15, -0.1) is 0 Å². The number of aryl methyl sites for hydroxylation is 2. The first-order valence-corrected chi connectivity index (χ1v) is 8.42. The topological polar surface area (TPSA) is 47.6 Å². The van der Waals surface area contributed by atoms with Crippen LogP contribution in [-0.2, 0) is 4.79 Å². The number of anilines is 1. The second-order valence-corrected chi connectivity index (χ2v) is 5.90. The number of carbonyl (C=O) groups is 1. The van der Waals surface area contributed by atoms with Gasteiger partial charge in [0.2, 0.25) is 0 Å². The van der Waals surface area contributed by atoms with E-state index in [1.807, 2.05) is 51.1 Å². The lowest BCUT2D eigenvalue weighted by Gasteiger charge is -2.19. The van der Waals surface area contributed by atoms with Gasteiger partial charge >= 0.3 is 0 Å². The number of ether oxygens (including phenoxy) is 2. The van der Waals surface area contributed by atoms with Crippen molar-refractivity contribution in [3.05, 3.63) is 66.2 Å². The number of hydrogen-bond donors (Lipinski definition) is 1. The van der Waals surface area contributed by atoms with E-state index in [1.165, 1.54) is 0 Å². The summed E-state index contributed by atoms with van der Waals surface area (Å²) >= 11 is 0. The smallest absolute Gasteiger partial charge is 0.265 e. The molecule has 2 rings (SSSR count). The molecule has 0 aliphatic heterocycles. The molecule has 4 heteroatoms. The average Bonchev–Trinajstić information content (AvgIpc) is 2.61. The Bertz CT molecular complexity index is 722. The van der Waals surface area contributed by atoms with Crippen molar-refractivity contribution >= 4 is 11.6 Å². The Morgan fingerprint density at radius 3 is 2.56 bits per heavy atom. The van der Waals surface area contributed by atoms with Crippen molar-refractivity contribution in [3.63, 3.8) is 0 Å². The van der Waals surface area contributed by atoms with E-state index in [9.17, 15) is 4.79 Å². The third-order valence-corrected chi connectivity index (χ3v) is 3.77. The van der Waals surface area contributed by atoms with Crippen molar-refractivity contribution in [3.8, 4) is 11.5 Å². The zero-order chi connectivity index (χ0) is 18.2. The fraction of sp³-hybridized carbons (Fsp3) is 0.286. The summed E-state index contributed by atoms with van der Waals surface area (Å²) in [5.74, 6) is 1.31. The molecule has 25 heavy (non-hydrogen) atoms. The Labute approximate surface area is 149 Å². The number of carbonyl (C=O) groups excluding carboxylic acids is 1. The van der Waals surface area contributed by atoms with Crippen LogP contribution >= 0.6 is 0 Å². The maximum absolute atomic E-state index is 12.5. The molecule has 1 unspecified atom stereocenters. The van der Waals surface area contributed by atoms with Crippen LogP contribution in [0.5, 0.6) is 11.5 Å². The summed E-state index contributed by atoms with van der Waals surface area (Å²) in [5.41, 5.74) is 2.82. The standard InChI is InChI=1S/C21H25NO3/c1-5-13-24-18-11-9-17(10-12-18)22-21(23)19(6-2)25-20-14-15(3)7-8-16(20)4/h5,7-12,14,19H,1,6,13H2,2-4H3,(H,22,23). The Hall–Kier alpha value is -2.75. The molecule has 0 fully saturated rings. The van der Waals surface area contributed by atoms with Gasteiger partial charge in [-0.05, 0) is 61.7 Å². The molecule has 0 saturated carbocycles. The molecule has 1 atom stereocenters. The fourth-order valence-electron chi connectivity index (χ4n) is 2.32. The van der Waals surface area contributed by atoms with Gasteiger partial charge in [0.05, 0.1) is 0 Å². The Morgan fingerprint density at radius 1 is 1.20 bits per heavy atom. The van der Waals surface area contributed by atoms with E-state index in [0.29, 0.717) is 18.7 Å². The molecular weight excluding hydrogens is 314 g/mol. The molecule has 2 aromatic carbocycles. The molecule has 1 amide bonds. The largest absolute Gasteiger partial charge is 0.490 e. The summed E-state index contributed by atoms with van der Waals surface area (Å²) in [6, 6.07) is 13.2. The van der Waals surface area contributed by atoms with Gasteiger partial charge in [-0.25, -0.2) is 0 Å². The van der Waals surface area contributed by atoms with Crippen LogP contribution in [0.15, 0.2) is 55.1 Å². The van der Waals surface area contributed by atoms with Gasteiger partial charge in [0.15, 0.2) is 6.10 Å². The second-order valence-electron chi connectivity index (χ2n) is 5.90. The maximum Gasteiger partial charge on any atom is 0.265 e. The zero-order valence-corrected chi connectivity index (χ0v) is 15.0. The Morgan fingerprint density at radius 2 is 1.92 bits per heavy atom. The molecular formula is C21H25NO3. The summed E-state index contributed by atoms with van der Waals surface area (Å²) in [5, 5.41) is 2.89. The quantitative estimate of drug-likeness (QED) is 0.711. The van der Waals surface area contributed by atoms with Gasteiger partial charge in [0.1, 0.15) is 18.1 Å². The highest BCUT2D eigenvalue weighted by Gasteiger charge is 2.19. The number of nitrogens with one attached hydrogen (secondary N) is 1. The lowest BCUT2D eigenvalue weighted by atomic mass is 10.1. The van der Waals surface area contributed by atoms with Gasteiger partial charge in [-0.3, -0.25) is 4.79 Å². The van der Waals surface area contributed by atoms with Crippen molar-refractivity contribution in [1.82, 2.24) is 0 Å². The third kappa shape index (κ3) is 5.38. The van der Waals surface area contributed by atoms with Crippen LogP contribution in [0.3, 0.4) is 0 Å². The van der Waals surface area contributed by atoms with Crippen LogP contribution in [0.4, 0.5) is 5.69 Å². The second kappa shape index (κ2) is 8.92. The minimum Gasteiger partial charge on any atom is -0.490 e. The molecule has 0 bridgehead atoms. The first-order chi connectivity index (χ1) is 12.0. The molecule has 0 saturated heterocycles. The van der Waals surface area contributed by atoms with Gasteiger partial charge < -0.3 is 14.8 Å². The molecule has 0 aliphatic carbocycles. The van der Waals surface area contributed by atoms with E-state index in [4.69, 9.17) is 9.47 Å². The predicted molar refractivity (Wildman–Crippen MR) is 101 cm³/mol. The van der Waals surface area contributed by atoms with Crippen LogP contribution in [0, 0.1) is 13.8 Å². The maximum atomic E-state index is 12.5. The highest BCUT2D eigenvalue weighted by Crippen LogP contribution is 2.22. The first kappa shape index (κ1) is 18.6. The third-order valence-electron chi connectivity index (χ3n) is 3.77. The number of rotatable bonds is 8. The summed E-state index contributed by atoms with van der Waals surface area (Å²) in [7, 11) is 0. The molecule has 0 radical (unpaired) electrons. The summed E-state index contributed by atoms with van der Waals surface area (Å²) in [4.78, 5) is 12.5. The lowest BCUT2D eigenvalue weighted by Crippen LogP contribution is -2.32. The van der Waals surface area contributed by atoms with E-state index < -0.39 is 6.10 Å².